The molecule has 9 rings (SSSR count). The first-order chi connectivity index (χ1) is 24.3. The van der Waals surface area contributed by atoms with E-state index in [4.69, 9.17) is 19.4 Å². The van der Waals surface area contributed by atoms with E-state index in [1.165, 1.54) is 11.1 Å². The van der Waals surface area contributed by atoms with Gasteiger partial charge in [0.25, 0.3) is 0 Å². The van der Waals surface area contributed by atoms with Gasteiger partial charge in [-0.15, -0.1) is 0 Å². The third-order valence-electron chi connectivity index (χ3n) is 8.98. The van der Waals surface area contributed by atoms with Gasteiger partial charge in [-0.1, -0.05) is 158 Å². The third-order valence-corrected chi connectivity index (χ3v) is 8.98. The van der Waals surface area contributed by atoms with Gasteiger partial charge < -0.3 is 4.42 Å². The summed E-state index contributed by atoms with van der Waals surface area (Å²) in [6, 6.07) is 60.4. The van der Waals surface area contributed by atoms with Crippen LogP contribution in [0.4, 0.5) is 0 Å². The quantitative estimate of drug-likeness (QED) is 0.184. The van der Waals surface area contributed by atoms with E-state index in [0.717, 1.165) is 60.9 Å². The SMILES string of the molecule is c1ccc(-c2ccc(-c3nc(-c4ccccc4)nc(-c4ccccc4-c4cccc5oc6ccc(-c7ccccc7)cc6c45)n3)cc2)cc1. The first-order valence-electron chi connectivity index (χ1n) is 16.4. The molecule has 7 aromatic carbocycles. The van der Waals surface area contributed by atoms with Crippen molar-refractivity contribution in [1.29, 1.82) is 0 Å². The maximum Gasteiger partial charge on any atom is 0.164 e. The van der Waals surface area contributed by atoms with Crippen LogP contribution in [0.3, 0.4) is 0 Å². The smallest absolute Gasteiger partial charge is 0.164 e. The van der Waals surface area contributed by atoms with Crippen molar-refractivity contribution in [2.24, 2.45) is 0 Å². The summed E-state index contributed by atoms with van der Waals surface area (Å²) in [7, 11) is 0. The van der Waals surface area contributed by atoms with E-state index in [1.807, 2.05) is 54.6 Å². The highest BCUT2D eigenvalue weighted by molar-refractivity contribution is 6.14. The number of benzene rings is 7. The number of furan rings is 1. The lowest BCUT2D eigenvalue weighted by atomic mass is 9.94. The summed E-state index contributed by atoms with van der Waals surface area (Å²) in [5.41, 5.74) is 11.2. The van der Waals surface area contributed by atoms with E-state index in [2.05, 4.69) is 121 Å². The van der Waals surface area contributed by atoms with Crippen molar-refractivity contribution in [3.05, 3.63) is 176 Å². The van der Waals surface area contributed by atoms with Gasteiger partial charge in [-0.3, -0.25) is 0 Å². The number of nitrogens with zero attached hydrogens (tertiary/aromatic N) is 3. The topological polar surface area (TPSA) is 51.8 Å². The van der Waals surface area contributed by atoms with Gasteiger partial charge in [-0.2, -0.15) is 0 Å². The number of aromatic nitrogens is 3. The van der Waals surface area contributed by atoms with E-state index in [1.54, 1.807) is 0 Å². The van der Waals surface area contributed by atoms with E-state index in [0.29, 0.717) is 17.5 Å². The second kappa shape index (κ2) is 12.2. The molecule has 0 amide bonds. The lowest BCUT2D eigenvalue weighted by molar-refractivity contribution is 0.669. The summed E-state index contributed by atoms with van der Waals surface area (Å²) in [4.78, 5) is 15.2. The number of hydrogen-bond acceptors (Lipinski definition) is 4. The Hall–Kier alpha value is -6.65. The fraction of sp³-hybridized carbons (Fsp3) is 0. The molecule has 0 fully saturated rings. The predicted molar refractivity (Wildman–Crippen MR) is 200 cm³/mol. The first-order valence-corrected chi connectivity index (χ1v) is 16.4. The van der Waals surface area contributed by atoms with Crippen LogP contribution in [-0.2, 0) is 0 Å². The van der Waals surface area contributed by atoms with E-state index < -0.39 is 0 Å². The van der Waals surface area contributed by atoms with Crippen molar-refractivity contribution in [3.63, 3.8) is 0 Å². The van der Waals surface area contributed by atoms with Crippen LogP contribution >= 0.6 is 0 Å². The van der Waals surface area contributed by atoms with Crippen LogP contribution < -0.4 is 0 Å². The monoisotopic (exact) mass is 627 g/mol. The first kappa shape index (κ1) is 28.6. The largest absolute Gasteiger partial charge is 0.456 e. The minimum absolute atomic E-state index is 0.612. The Bertz CT molecular complexity index is 2580. The molecule has 49 heavy (non-hydrogen) atoms. The van der Waals surface area contributed by atoms with Gasteiger partial charge in [-0.25, -0.2) is 15.0 Å². The maximum atomic E-state index is 6.41. The van der Waals surface area contributed by atoms with E-state index in [-0.39, 0.29) is 0 Å². The Morgan fingerprint density at radius 1 is 0.306 bits per heavy atom. The Balaban J connectivity index is 1.22. The van der Waals surface area contributed by atoms with E-state index in [9.17, 15) is 0 Å². The summed E-state index contributed by atoms with van der Waals surface area (Å²) in [6.45, 7) is 0. The molecule has 0 aliphatic heterocycles. The lowest BCUT2D eigenvalue weighted by Crippen LogP contribution is -2.01. The van der Waals surface area contributed by atoms with Crippen LogP contribution in [0.5, 0.6) is 0 Å². The molecule has 4 heteroatoms. The van der Waals surface area contributed by atoms with Gasteiger partial charge in [0.1, 0.15) is 11.2 Å². The molecule has 0 N–H and O–H groups in total. The van der Waals surface area contributed by atoms with Crippen LogP contribution in [0.1, 0.15) is 0 Å². The molecular weight excluding hydrogens is 599 g/mol. The minimum atomic E-state index is 0.612. The van der Waals surface area contributed by atoms with Gasteiger partial charge in [0.05, 0.1) is 0 Å². The number of fused-ring (bicyclic) bond motifs is 3. The van der Waals surface area contributed by atoms with Crippen molar-refractivity contribution in [3.8, 4) is 67.5 Å². The Morgan fingerprint density at radius 2 is 0.776 bits per heavy atom. The Kier molecular flexibility index (Phi) is 7.10. The Morgan fingerprint density at radius 3 is 1.45 bits per heavy atom. The molecule has 0 saturated heterocycles. The molecule has 0 saturated carbocycles. The second-order valence-corrected chi connectivity index (χ2v) is 12.0. The minimum Gasteiger partial charge on any atom is -0.456 e. The standard InChI is InChI=1S/C45H29N3O/c1-4-13-30(14-5-1)32-23-25-34(26-24-32)44-46-43(33-17-8-3-9-18-33)47-45(48-44)38-20-11-10-19-36(38)37-21-12-22-41-42(37)39-29-35(27-28-40(39)49-41)31-15-6-2-7-16-31/h1-29H. The lowest BCUT2D eigenvalue weighted by Gasteiger charge is -2.13. The zero-order chi connectivity index (χ0) is 32.6. The van der Waals surface area contributed by atoms with Crippen molar-refractivity contribution < 1.29 is 4.42 Å². The van der Waals surface area contributed by atoms with E-state index >= 15 is 0 Å². The molecule has 9 aromatic rings. The maximum absolute atomic E-state index is 6.41. The summed E-state index contributed by atoms with van der Waals surface area (Å²) >= 11 is 0. The molecule has 2 aromatic heterocycles. The molecule has 230 valence electrons. The molecule has 0 atom stereocenters. The molecular formula is C45H29N3O. The van der Waals surface area contributed by atoms with Gasteiger partial charge in [0.2, 0.25) is 0 Å². The normalized spacial score (nSPS) is 11.3. The van der Waals surface area contributed by atoms with Crippen LogP contribution in [-0.4, -0.2) is 15.0 Å². The highest BCUT2D eigenvalue weighted by atomic mass is 16.3. The number of rotatable bonds is 6. The Labute approximate surface area is 284 Å². The molecule has 4 nitrogen and oxygen atoms in total. The van der Waals surface area contributed by atoms with Crippen LogP contribution in [0, 0.1) is 0 Å². The molecule has 0 radical (unpaired) electrons. The van der Waals surface area contributed by atoms with Gasteiger partial charge in [-0.05, 0) is 51.6 Å². The zero-order valence-electron chi connectivity index (χ0n) is 26.5. The average molecular weight is 628 g/mol. The molecule has 0 bridgehead atoms. The summed E-state index contributed by atoms with van der Waals surface area (Å²) < 4.78 is 6.41. The predicted octanol–water partition coefficient (Wildman–Crippen LogP) is 11.8. The van der Waals surface area contributed by atoms with Crippen molar-refractivity contribution >= 4 is 21.9 Å². The number of hydrogen-bond donors (Lipinski definition) is 0. The van der Waals surface area contributed by atoms with Crippen molar-refractivity contribution in [2.45, 2.75) is 0 Å². The summed E-state index contributed by atoms with van der Waals surface area (Å²) in [5.74, 6) is 1.86. The van der Waals surface area contributed by atoms with Gasteiger partial charge in [0, 0.05) is 27.5 Å². The molecule has 0 aliphatic rings. The highest BCUT2D eigenvalue weighted by Gasteiger charge is 2.19. The fourth-order valence-corrected chi connectivity index (χ4v) is 6.56. The average Bonchev–Trinajstić information content (AvgIpc) is 3.57. The fourth-order valence-electron chi connectivity index (χ4n) is 6.56. The second-order valence-electron chi connectivity index (χ2n) is 12.0. The van der Waals surface area contributed by atoms with Gasteiger partial charge >= 0.3 is 0 Å². The zero-order valence-corrected chi connectivity index (χ0v) is 26.5. The third kappa shape index (κ3) is 5.35. The van der Waals surface area contributed by atoms with Crippen LogP contribution in [0.15, 0.2) is 180 Å². The molecule has 2 heterocycles. The summed E-state index contributed by atoms with van der Waals surface area (Å²) in [5, 5.41) is 2.14. The van der Waals surface area contributed by atoms with Crippen molar-refractivity contribution in [1.82, 2.24) is 15.0 Å². The van der Waals surface area contributed by atoms with Gasteiger partial charge in [0.15, 0.2) is 17.5 Å². The van der Waals surface area contributed by atoms with Crippen molar-refractivity contribution in [2.75, 3.05) is 0 Å². The van der Waals surface area contributed by atoms with Crippen LogP contribution in [0.2, 0.25) is 0 Å². The highest BCUT2D eigenvalue weighted by Crippen LogP contribution is 2.41. The molecule has 0 aliphatic carbocycles. The summed E-state index contributed by atoms with van der Waals surface area (Å²) in [6.07, 6.45) is 0. The van der Waals surface area contributed by atoms with Crippen LogP contribution in [0.25, 0.3) is 89.5 Å². The molecule has 0 spiro atoms. The molecule has 0 unspecified atom stereocenters.